The SMILES string of the molecule is N#CC1(c2ccc(-c3ccc(N4C[C@H](Cn5ccnn5)OC4=O)cc3F)cn2)[C@@H]2CN(C(=O)[C@@H]3C[C@H](F)CN3)C[C@@H]21. The highest BCUT2D eigenvalue weighted by molar-refractivity contribution is 5.90. The van der Waals surface area contributed by atoms with E-state index >= 15 is 4.39 Å². The molecule has 4 fully saturated rings. The Kier molecular flexibility index (Phi) is 5.97. The third-order valence-electron chi connectivity index (χ3n) is 8.75. The molecule has 3 aliphatic heterocycles. The Morgan fingerprint density at radius 2 is 2.05 bits per heavy atom. The lowest BCUT2D eigenvalue weighted by molar-refractivity contribution is -0.132. The number of likely N-dealkylation sites (tertiary alicyclic amines) is 1. The van der Waals surface area contributed by atoms with Gasteiger partial charge in [-0.15, -0.1) is 5.10 Å². The molecule has 2 aromatic heterocycles. The number of benzene rings is 1. The van der Waals surface area contributed by atoms with Crippen LogP contribution in [0.15, 0.2) is 48.9 Å². The Morgan fingerprint density at radius 3 is 2.68 bits per heavy atom. The zero-order chi connectivity index (χ0) is 28.3. The van der Waals surface area contributed by atoms with Crippen LogP contribution in [0.1, 0.15) is 12.1 Å². The van der Waals surface area contributed by atoms with Crippen molar-refractivity contribution < 1.29 is 23.1 Å². The summed E-state index contributed by atoms with van der Waals surface area (Å²) in [6.45, 7) is 1.66. The number of pyridine rings is 1. The molecule has 1 aliphatic carbocycles. The number of alkyl halides is 1. The first-order chi connectivity index (χ1) is 19.9. The van der Waals surface area contributed by atoms with Gasteiger partial charge in [0.1, 0.15) is 23.5 Å². The van der Waals surface area contributed by atoms with E-state index in [1.807, 2.05) is 0 Å². The maximum Gasteiger partial charge on any atom is 0.414 e. The molecule has 3 saturated heterocycles. The van der Waals surface area contributed by atoms with Gasteiger partial charge >= 0.3 is 6.09 Å². The van der Waals surface area contributed by atoms with Crippen molar-refractivity contribution >= 4 is 17.7 Å². The quantitative estimate of drug-likeness (QED) is 0.485. The zero-order valence-corrected chi connectivity index (χ0v) is 21.9. The molecule has 1 unspecified atom stereocenters. The summed E-state index contributed by atoms with van der Waals surface area (Å²) in [6.07, 6.45) is 2.93. The van der Waals surface area contributed by atoms with Gasteiger partial charge in [0.25, 0.3) is 0 Å². The van der Waals surface area contributed by atoms with Crippen LogP contribution in [0.4, 0.5) is 19.3 Å². The summed E-state index contributed by atoms with van der Waals surface area (Å²) in [6, 6.07) is 9.94. The van der Waals surface area contributed by atoms with Crippen LogP contribution in [0.25, 0.3) is 11.1 Å². The van der Waals surface area contributed by atoms with Gasteiger partial charge in [0, 0.05) is 61.4 Å². The Balaban J connectivity index is 1.02. The fourth-order valence-corrected chi connectivity index (χ4v) is 6.58. The lowest BCUT2D eigenvalue weighted by Gasteiger charge is -2.25. The van der Waals surface area contributed by atoms with Gasteiger partial charge in [-0.1, -0.05) is 11.3 Å². The Labute approximate surface area is 233 Å². The van der Waals surface area contributed by atoms with Crippen LogP contribution in [0.5, 0.6) is 0 Å². The molecule has 0 bridgehead atoms. The number of rotatable bonds is 6. The van der Waals surface area contributed by atoms with Crippen molar-refractivity contribution in [1.29, 1.82) is 5.26 Å². The summed E-state index contributed by atoms with van der Waals surface area (Å²) in [5, 5.41) is 20.6. The summed E-state index contributed by atoms with van der Waals surface area (Å²) in [4.78, 5) is 32.8. The van der Waals surface area contributed by atoms with E-state index in [4.69, 9.17) is 4.74 Å². The molecule has 1 aromatic carbocycles. The fraction of sp³-hybridized carbons (Fsp3) is 0.429. The number of aromatic nitrogens is 4. The van der Waals surface area contributed by atoms with Crippen LogP contribution in [-0.2, 0) is 21.5 Å². The molecule has 13 heteroatoms. The summed E-state index contributed by atoms with van der Waals surface area (Å²) in [5.41, 5.74) is 1.04. The third-order valence-corrected chi connectivity index (χ3v) is 8.75. The molecule has 210 valence electrons. The Hall–Kier alpha value is -4.44. The first kappa shape index (κ1) is 25.5. The largest absolute Gasteiger partial charge is 0.442 e. The standard InChI is InChI=1S/C28H26F2N8O3/c29-17-7-24(32-10-17)26(39)36-13-21-22(14-36)28(21,15-31)25-4-1-16(9-33-25)20-3-2-18(8-23(20)30)38-12-19(41-27(38)40)11-37-6-5-34-35-37/h1-6,8-9,17,19,21-22,24,32H,7,10-14H2/t17-,19-,21-,22+,24-,28?/m0/s1. The number of ether oxygens (including phenoxy) is 1. The lowest BCUT2D eigenvalue weighted by Crippen LogP contribution is -2.44. The normalized spacial score (nSPS) is 30.3. The second-order valence-electron chi connectivity index (χ2n) is 11.1. The number of hydrogen-bond donors (Lipinski definition) is 1. The molecular weight excluding hydrogens is 534 g/mol. The molecule has 1 saturated carbocycles. The number of fused-ring (bicyclic) bond motifs is 1. The van der Waals surface area contributed by atoms with Crippen LogP contribution >= 0.6 is 0 Å². The number of nitrogens with one attached hydrogen (secondary N) is 1. The summed E-state index contributed by atoms with van der Waals surface area (Å²) < 4.78 is 35.7. The minimum absolute atomic E-state index is 0.0398. The smallest absolute Gasteiger partial charge is 0.414 e. The van der Waals surface area contributed by atoms with Gasteiger partial charge in [-0.05, 0) is 24.3 Å². The number of nitriles is 1. The average Bonchev–Trinajstić information content (AvgIpc) is 3.62. The first-order valence-electron chi connectivity index (χ1n) is 13.5. The molecule has 3 aromatic rings. The number of carbonyl (C=O) groups excluding carboxylic acids is 2. The first-order valence-corrected chi connectivity index (χ1v) is 13.5. The van der Waals surface area contributed by atoms with Gasteiger partial charge in [-0.25, -0.2) is 18.3 Å². The van der Waals surface area contributed by atoms with Gasteiger partial charge < -0.3 is 15.0 Å². The number of nitrogens with zero attached hydrogens (tertiary/aromatic N) is 7. The van der Waals surface area contributed by atoms with Gasteiger partial charge in [0.05, 0.1) is 42.8 Å². The van der Waals surface area contributed by atoms with Crippen LogP contribution < -0.4 is 10.2 Å². The van der Waals surface area contributed by atoms with Crippen molar-refractivity contribution in [3.8, 4) is 17.2 Å². The van der Waals surface area contributed by atoms with Gasteiger partial charge in [-0.2, -0.15) is 5.26 Å². The predicted molar refractivity (Wildman–Crippen MR) is 139 cm³/mol. The maximum atomic E-state index is 15.2. The highest BCUT2D eigenvalue weighted by atomic mass is 19.1. The molecule has 41 heavy (non-hydrogen) atoms. The fourth-order valence-electron chi connectivity index (χ4n) is 6.58. The molecule has 1 N–H and O–H groups in total. The topological polar surface area (TPSA) is 129 Å². The van der Waals surface area contributed by atoms with E-state index < -0.39 is 35.6 Å². The number of anilines is 1. The van der Waals surface area contributed by atoms with Gasteiger partial charge in [0.2, 0.25) is 5.91 Å². The molecule has 4 aliphatic rings. The van der Waals surface area contributed by atoms with E-state index in [1.54, 1.807) is 46.2 Å². The highest BCUT2D eigenvalue weighted by Crippen LogP contribution is 2.62. The molecule has 5 heterocycles. The van der Waals surface area contributed by atoms with Crippen molar-refractivity contribution in [3.05, 3.63) is 60.4 Å². The van der Waals surface area contributed by atoms with Crippen molar-refractivity contribution in [1.82, 2.24) is 30.2 Å². The van der Waals surface area contributed by atoms with E-state index in [2.05, 4.69) is 26.7 Å². The van der Waals surface area contributed by atoms with Crippen LogP contribution in [-0.4, -0.2) is 81.4 Å². The number of halogens is 2. The average molecular weight is 561 g/mol. The molecule has 6 atom stereocenters. The highest BCUT2D eigenvalue weighted by Gasteiger charge is 2.71. The summed E-state index contributed by atoms with van der Waals surface area (Å²) >= 11 is 0. The minimum atomic E-state index is -1.01. The number of carbonyl (C=O) groups is 2. The third kappa shape index (κ3) is 4.21. The molecule has 11 nitrogen and oxygen atoms in total. The Morgan fingerprint density at radius 1 is 1.22 bits per heavy atom. The van der Waals surface area contributed by atoms with E-state index in [1.165, 1.54) is 17.2 Å². The molecule has 2 amide bonds. The van der Waals surface area contributed by atoms with Gasteiger partial charge in [-0.3, -0.25) is 14.7 Å². The Bertz CT molecular complexity index is 1530. The zero-order valence-electron chi connectivity index (χ0n) is 21.9. The van der Waals surface area contributed by atoms with E-state index in [0.717, 1.165) is 0 Å². The predicted octanol–water partition coefficient (Wildman–Crippen LogP) is 2.05. The van der Waals surface area contributed by atoms with Crippen molar-refractivity contribution in [2.24, 2.45) is 11.8 Å². The second kappa shape index (κ2) is 9.59. The molecule has 0 radical (unpaired) electrons. The number of cyclic esters (lactones) is 1. The van der Waals surface area contributed by atoms with Crippen LogP contribution in [0.2, 0.25) is 0 Å². The minimum Gasteiger partial charge on any atom is -0.442 e. The number of amides is 2. The van der Waals surface area contributed by atoms with Crippen LogP contribution in [0, 0.1) is 29.0 Å². The maximum absolute atomic E-state index is 15.2. The molecular formula is C28H26F2N8O3. The second-order valence-corrected chi connectivity index (χ2v) is 11.1. The summed E-state index contributed by atoms with van der Waals surface area (Å²) in [5.74, 6) is -0.712. The molecule has 0 spiro atoms. The van der Waals surface area contributed by atoms with Gasteiger partial charge in [0.15, 0.2) is 0 Å². The van der Waals surface area contributed by atoms with Crippen LogP contribution in [0.3, 0.4) is 0 Å². The van der Waals surface area contributed by atoms with E-state index in [9.17, 15) is 19.2 Å². The molecule has 7 rings (SSSR count). The lowest BCUT2D eigenvalue weighted by atomic mass is 9.95. The monoisotopic (exact) mass is 560 g/mol. The van der Waals surface area contributed by atoms with Crippen molar-refractivity contribution in [2.45, 2.75) is 36.7 Å². The van der Waals surface area contributed by atoms with E-state index in [0.29, 0.717) is 42.1 Å². The van der Waals surface area contributed by atoms with Crippen molar-refractivity contribution in [3.63, 3.8) is 0 Å². The number of hydrogen-bond acceptors (Lipinski definition) is 8. The number of piperidine rings is 1. The summed E-state index contributed by atoms with van der Waals surface area (Å²) in [7, 11) is 0. The van der Waals surface area contributed by atoms with E-state index in [-0.39, 0.29) is 37.3 Å². The van der Waals surface area contributed by atoms with Crippen molar-refractivity contribution in [2.75, 3.05) is 31.1 Å².